The van der Waals surface area contributed by atoms with Crippen molar-refractivity contribution in [3.05, 3.63) is 23.8 Å². The lowest BCUT2D eigenvalue weighted by molar-refractivity contribution is -0.121. The van der Waals surface area contributed by atoms with Crippen LogP contribution in [0.1, 0.15) is 25.0 Å². The predicted octanol–water partition coefficient (Wildman–Crippen LogP) is 1.26. The van der Waals surface area contributed by atoms with Crippen LogP contribution in [0.15, 0.2) is 18.2 Å². The van der Waals surface area contributed by atoms with E-state index in [4.69, 9.17) is 9.47 Å². The Labute approximate surface area is 107 Å². The molecule has 0 heterocycles. The first kappa shape index (κ1) is 14.3. The van der Waals surface area contributed by atoms with Gasteiger partial charge in [0, 0.05) is 18.7 Å². The smallest absolute Gasteiger partial charge is 0.223 e. The van der Waals surface area contributed by atoms with E-state index in [-0.39, 0.29) is 18.9 Å². The minimum atomic E-state index is -0.633. The number of aliphatic hydroxyl groups excluding tert-OH is 1. The molecule has 0 aliphatic carbocycles. The molecular weight excluding hydrogens is 234 g/mol. The van der Waals surface area contributed by atoms with Gasteiger partial charge in [0.15, 0.2) is 0 Å². The number of nitrogens with one attached hydrogen (secondary N) is 1. The molecule has 100 valence electrons. The summed E-state index contributed by atoms with van der Waals surface area (Å²) in [6.45, 7) is 1.92. The molecule has 1 aromatic rings. The maximum Gasteiger partial charge on any atom is 0.223 e. The molecule has 0 aliphatic heterocycles. The second-order valence-electron chi connectivity index (χ2n) is 3.85. The first-order valence-corrected chi connectivity index (χ1v) is 5.78. The highest BCUT2D eigenvalue weighted by molar-refractivity contribution is 5.75. The molecule has 0 radical (unpaired) electrons. The number of ether oxygens (including phenoxy) is 2. The zero-order chi connectivity index (χ0) is 13.5. The normalized spacial score (nSPS) is 11.8. The van der Waals surface area contributed by atoms with Gasteiger partial charge in [-0.1, -0.05) is 0 Å². The van der Waals surface area contributed by atoms with Gasteiger partial charge in [0.2, 0.25) is 5.91 Å². The minimum absolute atomic E-state index is 0.0866. The number of aliphatic hydroxyl groups is 1. The van der Waals surface area contributed by atoms with Gasteiger partial charge in [-0.25, -0.2) is 0 Å². The van der Waals surface area contributed by atoms with Gasteiger partial charge in [-0.2, -0.15) is 0 Å². The summed E-state index contributed by atoms with van der Waals surface area (Å²) < 4.78 is 10.6. The van der Waals surface area contributed by atoms with Crippen molar-refractivity contribution >= 4 is 5.91 Å². The molecule has 5 nitrogen and oxygen atoms in total. The van der Waals surface area contributed by atoms with E-state index in [1.165, 1.54) is 0 Å². The second kappa shape index (κ2) is 6.86. The molecule has 1 atom stereocenters. The Hall–Kier alpha value is -1.75. The summed E-state index contributed by atoms with van der Waals surface area (Å²) in [6, 6.07) is 5.21. The van der Waals surface area contributed by atoms with Gasteiger partial charge in [-0.3, -0.25) is 4.79 Å². The van der Waals surface area contributed by atoms with Crippen LogP contribution in [0, 0.1) is 0 Å². The number of hydrogen-bond acceptors (Lipinski definition) is 4. The van der Waals surface area contributed by atoms with Gasteiger partial charge in [-0.15, -0.1) is 0 Å². The number of rotatable bonds is 6. The van der Waals surface area contributed by atoms with E-state index in [1.807, 2.05) is 0 Å². The van der Waals surface area contributed by atoms with Crippen molar-refractivity contribution in [2.24, 2.45) is 0 Å². The largest absolute Gasteiger partial charge is 0.497 e. The lowest BCUT2D eigenvalue weighted by atomic mass is 10.1. The highest BCUT2D eigenvalue weighted by Gasteiger charge is 2.11. The van der Waals surface area contributed by atoms with Gasteiger partial charge in [0.1, 0.15) is 11.5 Å². The summed E-state index contributed by atoms with van der Waals surface area (Å²) in [6.07, 6.45) is -0.363. The van der Waals surface area contributed by atoms with E-state index in [0.717, 1.165) is 0 Å². The van der Waals surface area contributed by atoms with Gasteiger partial charge in [-0.05, 0) is 19.1 Å². The highest BCUT2D eigenvalue weighted by atomic mass is 16.5. The number of methoxy groups -OCH3 is 1. The lowest BCUT2D eigenvalue weighted by Gasteiger charge is -2.14. The number of carbonyl (C=O) groups is 1. The van der Waals surface area contributed by atoms with Crippen LogP contribution in [-0.2, 0) is 4.79 Å². The zero-order valence-electron chi connectivity index (χ0n) is 10.9. The van der Waals surface area contributed by atoms with Crippen LogP contribution in [0.5, 0.6) is 11.5 Å². The molecule has 0 unspecified atom stereocenters. The SMILES string of the molecule is CNC(=O)CCOc1cc(OC)ccc1[C@H](C)O. The van der Waals surface area contributed by atoms with Crippen LogP contribution >= 0.6 is 0 Å². The Morgan fingerprint density at radius 1 is 1.50 bits per heavy atom. The third kappa shape index (κ3) is 3.92. The average molecular weight is 253 g/mol. The number of carbonyl (C=O) groups excluding carboxylic acids is 1. The third-order valence-electron chi connectivity index (χ3n) is 2.54. The quantitative estimate of drug-likeness (QED) is 0.801. The topological polar surface area (TPSA) is 67.8 Å². The van der Waals surface area contributed by atoms with Crippen LogP contribution < -0.4 is 14.8 Å². The minimum Gasteiger partial charge on any atom is -0.497 e. The molecule has 0 aromatic heterocycles. The van der Waals surface area contributed by atoms with Crippen molar-refractivity contribution in [1.82, 2.24) is 5.32 Å². The van der Waals surface area contributed by atoms with E-state index < -0.39 is 6.10 Å². The predicted molar refractivity (Wildman–Crippen MR) is 67.8 cm³/mol. The molecule has 1 amide bonds. The van der Waals surface area contributed by atoms with Crippen molar-refractivity contribution in [2.75, 3.05) is 20.8 Å². The van der Waals surface area contributed by atoms with Crippen LogP contribution in [0.4, 0.5) is 0 Å². The second-order valence-corrected chi connectivity index (χ2v) is 3.85. The van der Waals surface area contributed by atoms with Crippen molar-refractivity contribution in [1.29, 1.82) is 0 Å². The van der Waals surface area contributed by atoms with E-state index in [2.05, 4.69) is 5.32 Å². The summed E-state index contributed by atoms with van der Waals surface area (Å²) in [5.74, 6) is 1.10. The fraction of sp³-hybridized carbons (Fsp3) is 0.462. The molecule has 1 rings (SSSR count). The number of hydrogen-bond donors (Lipinski definition) is 2. The van der Waals surface area contributed by atoms with Gasteiger partial charge in [0.25, 0.3) is 0 Å². The highest BCUT2D eigenvalue weighted by Crippen LogP contribution is 2.29. The van der Waals surface area contributed by atoms with Gasteiger partial charge >= 0.3 is 0 Å². The zero-order valence-corrected chi connectivity index (χ0v) is 10.9. The monoisotopic (exact) mass is 253 g/mol. The maximum atomic E-state index is 11.1. The Morgan fingerprint density at radius 3 is 2.78 bits per heavy atom. The lowest BCUT2D eigenvalue weighted by Crippen LogP contribution is -2.20. The summed E-state index contributed by atoms with van der Waals surface area (Å²) in [4.78, 5) is 11.1. The molecule has 18 heavy (non-hydrogen) atoms. The summed E-state index contributed by atoms with van der Waals surface area (Å²) >= 11 is 0. The molecule has 0 aliphatic rings. The fourth-order valence-corrected chi connectivity index (χ4v) is 1.49. The van der Waals surface area contributed by atoms with E-state index in [9.17, 15) is 9.90 Å². The van der Waals surface area contributed by atoms with Crippen molar-refractivity contribution in [3.8, 4) is 11.5 Å². The summed E-state index contributed by atoms with van der Waals surface area (Å²) in [7, 11) is 3.14. The molecule has 0 bridgehead atoms. The van der Waals surface area contributed by atoms with Crippen molar-refractivity contribution < 1.29 is 19.4 Å². The first-order chi connectivity index (χ1) is 8.58. The average Bonchev–Trinajstić information content (AvgIpc) is 2.37. The maximum absolute atomic E-state index is 11.1. The molecule has 0 spiro atoms. The number of amides is 1. The molecule has 0 fully saturated rings. The molecule has 1 aromatic carbocycles. The third-order valence-corrected chi connectivity index (χ3v) is 2.54. The molecule has 0 saturated carbocycles. The summed E-state index contributed by atoms with van der Waals surface area (Å²) in [5, 5.41) is 12.1. The Kier molecular flexibility index (Phi) is 5.45. The number of benzene rings is 1. The van der Waals surface area contributed by atoms with Crippen LogP contribution in [0.25, 0.3) is 0 Å². The van der Waals surface area contributed by atoms with Crippen LogP contribution in [-0.4, -0.2) is 31.8 Å². The Bertz CT molecular complexity index is 404. The molecule has 2 N–H and O–H groups in total. The van der Waals surface area contributed by atoms with E-state index >= 15 is 0 Å². The fourth-order valence-electron chi connectivity index (χ4n) is 1.49. The van der Waals surface area contributed by atoms with E-state index in [0.29, 0.717) is 17.1 Å². The van der Waals surface area contributed by atoms with Crippen molar-refractivity contribution in [2.45, 2.75) is 19.4 Å². The molecular formula is C13H19NO4. The van der Waals surface area contributed by atoms with Crippen molar-refractivity contribution in [3.63, 3.8) is 0 Å². The standard InChI is InChI=1S/C13H19NO4/c1-9(15)11-5-4-10(17-3)8-12(11)18-7-6-13(16)14-2/h4-5,8-9,15H,6-7H2,1-3H3,(H,14,16)/t9-/m0/s1. The molecule has 5 heteroatoms. The van der Waals surface area contributed by atoms with Crippen LogP contribution in [0.3, 0.4) is 0 Å². The first-order valence-electron chi connectivity index (χ1n) is 5.78. The van der Waals surface area contributed by atoms with E-state index in [1.54, 1.807) is 39.3 Å². The van der Waals surface area contributed by atoms with Gasteiger partial charge < -0.3 is 19.9 Å². The summed E-state index contributed by atoms with van der Waals surface area (Å²) in [5.41, 5.74) is 0.674. The van der Waals surface area contributed by atoms with Gasteiger partial charge in [0.05, 0.1) is 26.2 Å². The molecule has 0 saturated heterocycles. The Balaban J connectivity index is 2.74. The Morgan fingerprint density at radius 2 is 2.22 bits per heavy atom. The van der Waals surface area contributed by atoms with Crippen LogP contribution in [0.2, 0.25) is 0 Å².